The van der Waals surface area contributed by atoms with Crippen LogP contribution < -0.4 is 20.7 Å². The van der Waals surface area contributed by atoms with Gasteiger partial charge in [0.05, 0.1) is 12.2 Å². The molecule has 0 saturated carbocycles. The van der Waals surface area contributed by atoms with Crippen molar-refractivity contribution in [3.63, 3.8) is 0 Å². The fourth-order valence-electron chi connectivity index (χ4n) is 3.49. The number of carbonyl (C=O) groups excluding carboxylic acids is 2. The largest absolute Gasteiger partial charge is 0.493 e. The zero-order valence-corrected chi connectivity index (χ0v) is 20.9. The van der Waals surface area contributed by atoms with Gasteiger partial charge in [-0.15, -0.1) is 0 Å². The fourth-order valence-corrected chi connectivity index (χ4v) is 3.70. The van der Waals surface area contributed by atoms with Crippen molar-refractivity contribution in [2.45, 2.75) is 39.5 Å². The first-order chi connectivity index (χ1) is 17.0. The van der Waals surface area contributed by atoms with Gasteiger partial charge in [-0.2, -0.15) is 0 Å². The highest BCUT2D eigenvalue weighted by molar-refractivity contribution is 7.80. The molecule has 0 saturated heterocycles. The van der Waals surface area contributed by atoms with Crippen LogP contribution in [0.3, 0.4) is 0 Å². The standard InChI is InChI=1S/C28H31N3O3S/c1-3-4-5-8-17-34-25-16-7-6-15-24(25)27(33)31-28(35)30-23-14-10-12-21(19-23)26(32)29-22-13-9-11-20(2)18-22/h6-7,9-16,18-19H,3-5,8,17H2,1-2H3,(H,29,32)(H2,30,31,33,35). The van der Waals surface area contributed by atoms with E-state index < -0.39 is 0 Å². The third kappa shape index (κ3) is 8.22. The second kappa shape index (κ2) is 13.2. The first kappa shape index (κ1) is 25.9. The Morgan fingerprint density at radius 1 is 0.829 bits per heavy atom. The Bertz CT molecular complexity index is 1180. The van der Waals surface area contributed by atoms with E-state index in [1.165, 1.54) is 6.42 Å². The van der Waals surface area contributed by atoms with Crippen molar-refractivity contribution in [3.8, 4) is 5.75 Å². The summed E-state index contributed by atoms with van der Waals surface area (Å²) < 4.78 is 5.83. The topological polar surface area (TPSA) is 79.5 Å². The number of nitrogens with one attached hydrogen (secondary N) is 3. The lowest BCUT2D eigenvalue weighted by molar-refractivity contribution is 0.0972. The number of aryl methyl sites for hydroxylation is 1. The summed E-state index contributed by atoms with van der Waals surface area (Å²) in [5, 5.41) is 8.68. The molecule has 6 nitrogen and oxygen atoms in total. The quantitative estimate of drug-likeness (QED) is 0.229. The minimum Gasteiger partial charge on any atom is -0.493 e. The number of thiocarbonyl (C=S) groups is 1. The highest BCUT2D eigenvalue weighted by Gasteiger charge is 2.14. The average Bonchev–Trinajstić information content (AvgIpc) is 2.84. The summed E-state index contributed by atoms with van der Waals surface area (Å²) in [6.07, 6.45) is 4.36. The Kier molecular flexibility index (Phi) is 9.80. The van der Waals surface area contributed by atoms with E-state index in [9.17, 15) is 9.59 Å². The zero-order chi connectivity index (χ0) is 25.0. The molecular formula is C28H31N3O3S. The number of unbranched alkanes of at least 4 members (excludes halogenated alkanes) is 3. The molecule has 0 spiro atoms. The summed E-state index contributed by atoms with van der Waals surface area (Å²) >= 11 is 5.33. The van der Waals surface area contributed by atoms with Gasteiger partial charge < -0.3 is 15.4 Å². The normalized spacial score (nSPS) is 10.3. The van der Waals surface area contributed by atoms with Crippen LogP contribution in [-0.2, 0) is 0 Å². The maximum Gasteiger partial charge on any atom is 0.261 e. The number of amides is 2. The Labute approximate surface area is 212 Å². The maximum absolute atomic E-state index is 12.8. The number of carbonyl (C=O) groups is 2. The minimum absolute atomic E-state index is 0.129. The molecule has 0 aromatic heterocycles. The number of rotatable bonds is 10. The molecule has 0 aliphatic rings. The molecule has 3 aromatic carbocycles. The highest BCUT2D eigenvalue weighted by Crippen LogP contribution is 2.19. The van der Waals surface area contributed by atoms with Gasteiger partial charge in [0.25, 0.3) is 11.8 Å². The number of anilines is 2. The monoisotopic (exact) mass is 489 g/mol. The molecule has 0 atom stereocenters. The molecular weight excluding hydrogens is 458 g/mol. The number of hydrogen-bond acceptors (Lipinski definition) is 4. The molecule has 7 heteroatoms. The Morgan fingerprint density at radius 3 is 2.34 bits per heavy atom. The Morgan fingerprint density at radius 2 is 1.57 bits per heavy atom. The first-order valence-electron chi connectivity index (χ1n) is 11.8. The smallest absolute Gasteiger partial charge is 0.261 e. The Hall–Kier alpha value is -3.71. The predicted octanol–water partition coefficient (Wildman–Crippen LogP) is 6.33. The predicted molar refractivity (Wildman–Crippen MR) is 145 cm³/mol. The minimum atomic E-state index is -0.361. The van der Waals surface area contributed by atoms with Crippen LogP contribution in [0, 0.1) is 6.92 Å². The summed E-state index contributed by atoms with van der Waals surface area (Å²) in [7, 11) is 0. The molecule has 182 valence electrons. The van der Waals surface area contributed by atoms with Gasteiger partial charge in [0.2, 0.25) is 0 Å². The van der Waals surface area contributed by atoms with E-state index in [0.717, 1.165) is 30.5 Å². The van der Waals surface area contributed by atoms with Gasteiger partial charge in [-0.3, -0.25) is 14.9 Å². The number of benzene rings is 3. The molecule has 35 heavy (non-hydrogen) atoms. The molecule has 0 aliphatic heterocycles. The lowest BCUT2D eigenvalue weighted by Crippen LogP contribution is -2.34. The molecule has 0 radical (unpaired) electrons. The third-order valence-electron chi connectivity index (χ3n) is 5.27. The lowest BCUT2D eigenvalue weighted by atomic mass is 10.1. The molecule has 3 aromatic rings. The van der Waals surface area contributed by atoms with E-state index in [-0.39, 0.29) is 16.9 Å². The van der Waals surface area contributed by atoms with Crippen LogP contribution in [0.25, 0.3) is 0 Å². The molecule has 0 heterocycles. The van der Waals surface area contributed by atoms with Crippen molar-refractivity contribution in [3.05, 3.63) is 89.5 Å². The van der Waals surface area contributed by atoms with E-state index in [1.807, 2.05) is 37.3 Å². The van der Waals surface area contributed by atoms with Gasteiger partial charge in [0.1, 0.15) is 5.75 Å². The summed E-state index contributed by atoms with van der Waals surface area (Å²) in [6, 6.07) is 21.6. The molecule has 3 rings (SSSR count). The summed E-state index contributed by atoms with van der Waals surface area (Å²) in [6.45, 7) is 4.69. The van der Waals surface area contributed by atoms with Gasteiger partial charge in [0.15, 0.2) is 5.11 Å². The zero-order valence-electron chi connectivity index (χ0n) is 20.1. The molecule has 3 N–H and O–H groups in total. The highest BCUT2D eigenvalue weighted by atomic mass is 32.1. The Balaban J connectivity index is 1.58. The first-order valence-corrected chi connectivity index (χ1v) is 12.2. The van der Waals surface area contributed by atoms with Crippen molar-refractivity contribution in [2.24, 2.45) is 0 Å². The van der Waals surface area contributed by atoms with Crippen LogP contribution in [0.5, 0.6) is 5.75 Å². The van der Waals surface area contributed by atoms with E-state index >= 15 is 0 Å². The van der Waals surface area contributed by atoms with Gasteiger partial charge in [-0.25, -0.2) is 0 Å². The van der Waals surface area contributed by atoms with Crippen LogP contribution in [0.4, 0.5) is 11.4 Å². The van der Waals surface area contributed by atoms with Gasteiger partial charge >= 0.3 is 0 Å². The van der Waals surface area contributed by atoms with Gasteiger partial charge in [0, 0.05) is 16.9 Å². The fraction of sp³-hybridized carbons (Fsp3) is 0.250. The van der Waals surface area contributed by atoms with Crippen LogP contribution in [0.15, 0.2) is 72.8 Å². The second-order valence-corrected chi connectivity index (χ2v) is 8.63. The van der Waals surface area contributed by atoms with Crippen LogP contribution in [0.2, 0.25) is 0 Å². The number of para-hydroxylation sites is 1. The van der Waals surface area contributed by atoms with Crippen molar-refractivity contribution >= 4 is 40.5 Å². The second-order valence-electron chi connectivity index (χ2n) is 8.22. The molecule has 0 bridgehead atoms. The van der Waals surface area contributed by atoms with Crippen molar-refractivity contribution in [1.82, 2.24) is 5.32 Å². The number of hydrogen-bond donors (Lipinski definition) is 3. The average molecular weight is 490 g/mol. The van der Waals surface area contributed by atoms with Crippen molar-refractivity contribution in [2.75, 3.05) is 17.2 Å². The van der Waals surface area contributed by atoms with E-state index in [0.29, 0.717) is 29.2 Å². The van der Waals surface area contributed by atoms with Crippen LogP contribution >= 0.6 is 12.2 Å². The summed E-state index contributed by atoms with van der Waals surface area (Å²) in [4.78, 5) is 25.5. The SMILES string of the molecule is CCCCCCOc1ccccc1C(=O)NC(=S)Nc1cccc(C(=O)Nc2cccc(C)c2)c1. The number of ether oxygens (including phenoxy) is 1. The van der Waals surface area contributed by atoms with E-state index in [2.05, 4.69) is 22.9 Å². The third-order valence-corrected chi connectivity index (χ3v) is 5.48. The summed E-state index contributed by atoms with van der Waals surface area (Å²) in [5.41, 5.74) is 3.25. The maximum atomic E-state index is 12.8. The van der Waals surface area contributed by atoms with Crippen LogP contribution in [0.1, 0.15) is 58.9 Å². The molecule has 0 aliphatic carbocycles. The van der Waals surface area contributed by atoms with E-state index in [1.54, 1.807) is 42.5 Å². The molecule has 2 amide bonds. The van der Waals surface area contributed by atoms with Gasteiger partial charge in [-0.05, 0) is 73.6 Å². The molecule has 0 fully saturated rings. The van der Waals surface area contributed by atoms with E-state index in [4.69, 9.17) is 17.0 Å². The van der Waals surface area contributed by atoms with Crippen molar-refractivity contribution in [1.29, 1.82) is 0 Å². The van der Waals surface area contributed by atoms with Gasteiger partial charge in [-0.1, -0.05) is 56.5 Å². The lowest BCUT2D eigenvalue weighted by Gasteiger charge is -2.13. The van der Waals surface area contributed by atoms with Crippen molar-refractivity contribution < 1.29 is 14.3 Å². The summed E-state index contributed by atoms with van der Waals surface area (Å²) in [5.74, 6) is -0.0710. The molecule has 0 unspecified atom stereocenters. The van der Waals surface area contributed by atoms with Crippen LogP contribution in [-0.4, -0.2) is 23.5 Å².